The summed E-state index contributed by atoms with van der Waals surface area (Å²) in [5, 5.41) is 10.4. The lowest BCUT2D eigenvalue weighted by Crippen LogP contribution is -2.36. The summed E-state index contributed by atoms with van der Waals surface area (Å²) in [7, 11) is 0. The van der Waals surface area contributed by atoms with Gasteiger partial charge in [-0.1, -0.05) is 43.3 Å². The molecule has 2 heterocycles. The summed E-state index contributed by atoms with van der Waals surface area (Å²) < 4.78 is 0. The van der Waals surface area contributed by atoms with Crippen LogP contribution in [0.25, 0.3) is 10.9 Å². The van der Waals surface area contributed by atoms with E-state index in [2.05, 4.69) is 28.9 Å². The van der Waals surface area contributed by atoms with Crippen LogP contribution < -0.4 is 0 Å². The second kappa shape index (κ2) is 8.53. The minimum absolute atomic E-state index is 0.240. The predicted molar refractivity (Wildman–Crippen MR) is 116 cm³/mol. The van der Waals surface area contributed by atoms with Gasteiger partial charge in [-0.3, -0.25) is 4.79 Å². The van der Waals surface area contributed by atoms with Crippen molar-refractivity contribution in [1.29, 1.82) is 5.26 Å². The number of nitrogens with one attached hydrogen (secondary N) is 1. The average molecular weight is 386 g/mol. The van der Waals surface area contributed by atoms with E-state index in [4.69, 9.17) is 5.26 Å². The van der Waals surface area contributed by atoms with Gasteiger partial charge >= 0.3 is 0 Å². The number of carbonyl (C=O) groups excluding carboxylic acids is 1. The van der Waals surface area contributed by atoms with Crippen molar-refractivity contribution in [2.24, 2.45) is 0 Å². The lowest BCUT2D eigenvalue weighted by molar-refractivity contribution is -0.131. The Kier molecular flexibility index (Phi) is 5.67. The van der Waals surface area contributed by atoms with Crippen LogP contribution >= 0.6 is 0 Å². The largest absolute Gasteiger partial charge is 0.358 e. The molecule has 0 bridgehead atoms. The molecule has 148 valence electrons. The second-order valence-corrected chi connectivity index (χ2v) is 7.89. The molecule has 1 fully saturated rings. The van der Waals surface area contributed by atoms with Gasteiger partial charge in [-0.05, 0) is 55.4 Å². The summed E-state index contributed by atoms with van der Waals surface area (Å²) in [6.07, 6.45) is 5.53. The summed E-state index contributed by atoms with van der Waals surface area (Å²) >= 11 is 0. The van der Waals surface area contributed by atoms with Crippen molar-refractivity contribution in [3.8, 4) is 6.07 Å². The number of aromatic amines is 1. The SMILES string of the molecule is CCc1c(CC[C@@H]2CCCN2C(=O)Cc2ccccc2)[nH]c2cc(C#N)ccc12. The number of likely N-dealkylation sites (tertiary alicyclic amines) is 1. The van der Waals surface area contributed by atoms with Crippen LogP contribution in [0.5, 0.6) is 0 Å². The monoisotopic (exact) mass is 385 g/mol. The van der Waals surface area contributed by atoms with Gasteiger partial charge in [0.1, 0.15) is 0 Å². The van der Waals surface area contributed by atoms with E-state index >= 15 is 0 Å². The van der Waals surface area contributed by atoms with Crippen LogP contribution in [0.15, 0.2) is 48.5 Å². The summed E-state index contributed by atoms with van der Waals surface area (Å²) in [5.41, 5.74) is 5.39. The Morgan fingerprint density at radius 2 is 2.07 bits per heavy atom. The van der Waals surface area contributed by atoms with Gasteiger partial charge in [-0.25, -0.2) is 0 Å². The number of H-pyrrole nitrogens is 1. The van der Waals surface area contributed by atoms with Crippen LogP contribution in [-0.4, -0.2) is 28.4 Å². The number of nitrogens with zero attached hydrogens (tertiary/aromatic N) is 2. The van der Waals surface area contributed by atoms with E-state index in [9.17, 15) is 4.79 Å². The first-order chi connectivity index (χ1) is 14.2. The van der Waals surface area contributed by atoms with Crippen LogP contribution in [0.1, 0.15) is 48.6 Å². The van der Waals surface area contributed by atoms with Gasteiger partial charge in [0, 0.05) is 29.2 Å². The van der Waals surface area contributed by atoms with Crippen molar-refractivity contribution in [2.45, 2.75) is 51.5 Å². The van der Waals surface area contributed by atoms with Crippen molar-refractivity contribution < 1.29 is 4.79 Å². The third-order valence-corrected chi connectivity index (χ3v) is 6.10. The third-order valence-electron chi connectivity index (χ3n) is 6.10. The van der Waals surface area contributed by atoms with Crippen LogP contribution in [-0.2, 0) is 24.1 Å². The molecule has 0 saturated carbocycles. The number of nitriles is 1. The van der Waals surface area contributed by atoms with Crippen molar-refractivity contribution >= 4 is 16.8 Å². The van der Waals surface area contributed by atoms with Gasteiger partial charge in [0.15, 0.2) is 0 Å². The van der Waals surface area contributed by atoms with E-state index in [1.165, 1.54) is 16.6 Å². The summed E-state index contributed by atoms with van der Waals surface area (Å²) in [4.78, 5) is 18.5. The smallest absolute Gasteiger partial charge is 0.227 e. The van der Waals surface area contributed by atoms with Gasteiger partial charge in [0.25, 0.3) is 0 Å². The van der Waals surface area contributed by atoms with Crippen LogP contribution in [0.2, 0.25) is 0 Å². The minimum Gasteiger partial charge on any atom is -0.358 e. The van der Waals surface area contributed by atoms with Gasteiger partial charge in [-0.2, -0.15) is 5.26 Å². The van der Waals surface area contributed by atoms with Crippen molar-refractivity contribution in [2.75, 3.05) is 6.54 Å². The molecule has 0 spiro atoms. The molecule has 2 aromatic carbocycles. The minimum atomic E-state index is 0.240. The molecule has 29 heavy (non-hydrogen) atoms. The molecule has 1 N–H and O–H groups in total. The summed E-state index contributed by atoms with van der Waals surface area (Å²) in [5.74, 6) is 0.240. The number of aryl methyl sites for hydroxylation is 2. The highest BCUT2D eigenvalue weighted by atomic mass is 16.2. The van der Waals surface area contributed by atoms with Gasteiger partial charge in [-0.15, -0.1) is 0 Å². The van der Waals surface area contributed by atoms with Gasteiger partial charge in [0.2, 0.25) is 5.91 Å². The quantitative estimate of drug-likeness (QED) is 0.664. The molecule has 1 aromatic heterocycles. The first kappa shape index (κ1) is 19.3. The van der Waals surface area contributed by atoms with E-state index < -0.39 is 0 Å². The second-order valence-electron chi connectivity index (χ2n) is 7.89. The van der Waals surface area contributed by atoms with Crippen molar-refractivity contribution in [3.63, 3.8) is 0 Å². The standard InChI is InChI=1S/C25H27N3O/c1-2-21-22-12-10-19(17-26)15-24(22)27-23(21)13-11-20-9-6-14-28(20)25(29)16-18-7-4-3-5-8-18/h3-5,7-8,10,12,15,20,27H,2,6,9,11,13-14,16H2,1H3/t20-/m0/s1. The topological polar surface area (TPSA) is 59.9 Å². The summed E-state index contributed by atoms with van der Waals surface area (Å²) in [6, 6.07) is 18.4. The highest BCUT2D eigenvalue weighted by Crippen LogP contribution is 2.28. The Bertz CT molecular complexity index is 1050. The Labute approximate surface area is 172 Å². The number of fused-ring (bicyclic) bond motifs is 1. The van der Waals surface area contributed by atoms with Gasteiger partial charge in [0.05, 0.1) is 18.1 Å². The van der Waals surface area contributed by atoms with E-state index in [1.807, 2.05) is 42.5 Å². The zero-order chi connectivity index (χ0) is 20.2. The molecular formula is C25H27N3O. The molecule has 1 aliphatic heterocycles. The molecule has 1 atom stereocenters. The number of aromatic nitrogens is 1. The Morgan fingerprint density at radius 3 is 2.83 bits per heavy atom. The zero-order valence-corrected chi connectivity index (χ0v) is 16.9. The molecule has 4 rings (SSSR count). The maximum Gasteiger partial charge on any atom is 0.227 e. The predicted octanol–water partition coefficient (Wildman–Crippen LogP) is 4.77. The fourth-order valence-electron chi connectivity index (χ4n) is 4.65. The normalized spacial score (nSPS) is 16.3. The number of rotatable bonds is 6. The third kappa shape index (κ3) is 4.05. The number of amides is 1. The van der Waals surface area contributed by atoms with Crippen LogP contribution in [0.3, 0.4) is 0 Å². The highest BCUT2D eigenvalue weighted by molar-refractivity contribution is 5.86. The average Bonchev–Trinajstić information content (AvgIpc) is 3.36. The molecule has 1 saturated heterocycles. The zero-order valence-electron chi connectivity index (χ0n) is 16.9. The van der Waals surface area contributed by atoms with E-state index in [-0.39, 0.29) is 5.91 Å². The first-order valence-electron chi connectivity index (χ1n) is 10.6. The molecule has 1 amide bonds. The van der Waals surface area contributed by atoms with Crippen LogP contribution in [0.4, 0.5) is 0 Å². The van der Waals surface area contributed by atoms with Crippen LogP contribution in [0, 0.1) is 11.3 Å². The molecule has 1 aliphatic rings. The number of benzene rings is 2. The van der Waals surface area contributed by atoms with Crippen molar-refractivity contribution in [1.82, 2.24) is 9.88 Å². The molecule has 4 nitrogen and oxygen atoms in total. The molecule has 3 aromatic rings. The number of hydrogen-bond donors (Lipinski definition) is 1. The lowest BCUT2D eigenvalue weighted by Gasteiger charge is -2.25. The lowest BCUT2D eigenvalue weighted by atomic mass is 10.0. The Hall–Kier alpha value is -3.06. The Morgan fingerprint density at radius 1 is 1.24 bits per heavy atom. The van der Waals surface area contributed by atoms with E-state index in [1.54, 1.807) is 0 Å². The highest BCUT2D eigenvalue weighted by Gasteiger charge is 2.28. The molecule has 4 heteroatoms. The van der Waals surface area contributed by atoms with Crippen molar-refractivity contribution in [3.05, 3.63) is 70.9 Å². The number of hydrogen-bond acceptors (Lipinski definition) is 2. The van der Waals surface area contributed by atoms with Gasteiger partial charge < -0.3 is 9.88 Å². The first-order valence-corrected chi connectivity index (χ1v) is 10.6. The maximum atomic E-state index is 12.9. The molecule has 0 unspecified atom stereocenters. The number of carbonyl (C=O) groups is 1. The van der Waals surface area contributed by atoms with E-state index in [0.717, 1.165) is 49.7 Å². The Balaban J connectivity index is 1.46. The molecule has 0 radical (unpaired) electrons. The van der Waals surface area contributed by atoms with E-state index in [0.29, 0.717) is 18.0 Å². The fraction of sp³-hybridized carbons (Fsp3) is 0.360. The maximum absolute atomic E-state index is 12.9. The fourth-order valence-corrected chi connectivity index (χ4v) is 4.65. The summed E-state index contributed by atoms with van der Waals surface area (Å²) in [6.45, 7) is 3.05. The molecular weight excluding hydrogens is 358 g/mol. The molecule has 0 aliphatic carbocycles.